The number of rotatable bonds is 8. The van der Waals surface area contributed by atoms with Crippen molar-refractivity contribution in [3.8, 4) is 0 Å². The first-order chi connectivity index (χ1) is 12.0. The Hall–Kier alpha value is -1.99. The fourth-order valence-corrected chi connectivity index (χ4v) is 3.37. The number of urea groups is 1. The highest BCUT2D eigenvalue weighted by Gasteiger charge is 2.15. The maximum absolute atomic E-state index is 13.8. The van der Waals surface area contributed by atoms with Crippen molar-refractivity contribution < 1.29 is 14.3 Å². The topological polar surface area (TPSA) is 65.5 Å². The van der Waals surface area contributed by atoms with Crippen LogP contribution in [0.15, 0.2) is 24.3 Å². The van der Waals surface area contributed by atoms with Crippen molar-refractivity contribution in [1.29, 1.82) is 0 Å². The van der Waals surface area contributed by atoms with Gasteiger partial charge in [-0.05, 0) is 26.3 Å². The zero-order valence-electron chi connectivity index (χ0n) is 14.6. The number of hydrogen-bond acceptors (Lipinski definition) is 4. The van der Waals surface area contributed by atoms with Gasteiger partial charge >= 0.3 is 6.03 Å². The molecule has 25 heavy (non-hydrogen) atoms. The molecule has 2 rings (SSSR count). The molecule has 0 bridgehead atoms. The van der Waals surface area contributed by atoms with Crippen LogP contribution in [0.1, 0.15) is 27.6 Å². The van der Waals surface area contributed by atoms with Gasteiger partial charge in [0.05, 0.1) is 23.9 Å². The molecule has 0 spiro atoms. The number of aryl methyl sites for hydroxylation is 3. The molecule has 0 saturated heterocycles. The standard InChI is InChI=1S/C18H24FN3O2S/c1-13-14(2)25-17(21-13)8-5-9-20-18(24)22(10-11-23)12-15-6-3-4-7-16(15)19/h3-4,6-7,23H,5,8-12H2,1-2H3,(H,20,24). The molecule has 0 aliphatic rings. The number of nitrogens with one attached hydrogen (secondary N) is 1. The fraction of sp³-hybridized carbons (Fsp3) is 0.444. The number of aliphatic hydroxyl groups excluding tert-OH is 1. The van der Waals surface area contributed by atoms with E-state index in [9.17, 15) is 9.18 Å². The summed E-state index contributed by atoms with van der Waals surface area (Å²) in [6.45, 7) is 4.67. The van der Waals surface area contributed by atoms with E-state index in [1.165, 1.54) is 15.8 Å². The summed E-state index contributed by atoms with van der Waals surface area (Å²) in [6, 6.07) is 6.04. The number of thiazole rings is 1. The Morgan fingerprint density at radius 3 is 2.76 bits per heavy atom. The van der Waals surface area contributed by atoms with Crippen molar-refractivity contribution >= 4 is 17.4 Å². The third-order valence-corrected chi connectivity index (χ3v) is 5.03. The van der Waals surface area contributed by atoms with Crippen LogP contribution in [0.2, 0.25) is 0 Å². The van der Waals surface area contributed by atoms with E-state index < -0.39 is 0 Å². The zero-order valence-corrected chi connectivity index (χ0v) is 15.4. The molecule has 1 aromatic carbocycles. The molecule has 136 valence electrons. The van der Waals surface area contributed by atoms with E-state index in [2.05, 4.69) is 10.3 Å². The second-order valence-electron chi connectivity index (χ2n) is 5.82. The maximum Gasteiger partial charge on any atom is 0.317 e. The van der Waals surface area contributed by atoms with Gasteiger partial charge in [-0.3, -0.25) is 0 Å². The fourth-order valence-electron chi connectivity index (χ4n) is 2.40. The van der Waals surface area contributed by atoms with Gasteiger partial charge in [0.1, 0.15) is 5.82 Å². The number of carbonyl (C=O) groups is 1. The Kier molecular flexibility index (Phi) is 7.33. The highest BCUT2D eigenvalue weighted by atomic mass is 32.1. The molecular weight excluding hydrogens is 341 g/mol. The molecule has 1 heterocycles. The number of nitrogens with zero attached hydrogens (tertiary/aromatic N) is 2. The average molecular weight is 365 g/mol. The Morgan fingerprint density at radius 2 is 2.12 bits per heavy atom. The Balaban J connectivity index is 1.82. The van der Waals surface area contributed by atoms with E-state index in [0.29, 0.717) is 12.1 Å². The number of aliphatic hydroxyl groups is 1. The highest BCUT2D eigenvalue weighted by molar-refractivity contribution is 7.11. The van der Waals surface area contributed by atoms with Crippen LogP contribution in [-0.4, -0.2) is 40.7 Å². The minimum Gasteiger partial charge on any atom is -0.395 e. The first-order valence-electron chi connectivity index (χ1n) is 8.31. The lowest BCUT2D eigenvalue weighted by atomic mass is 10.2. The van der Waals surface area contributed by atoms with Gasteiger partial charge in [-0.15, -0.1) is 11.3 Å². The zero-order chi connectivity index (χ0) is 18.2. The Labute approximate surface area is 151 Å². The van der Waals surface area contributed by atoms with E-state index in [4.69, 9.17) is 5.11 Å². The summed E-state index contributed by atoms with van der Waals surface area (Å²) in [6.07, 6.45) is 1.59. The summed E-state index contributed by atoms with van der Waals surface area (Å²) in [7, 11) is 0. The van der Waals surface area contributed by atoms with Gasteiger partial charge in [-0.2, -0.15) is 0 Å². The van der Waals surface area contributed by atoms with Crippen LogP contribution in [0, 0.1) is 19.7 Å². The third kappa shape index (κ3) is 5.79. The number of carbonyl (C=O) groups excluding carboxylic acids is 1. The van der Waals surface area contributed by atoms with Gasteiger partial charge in [0.25, 0.3) is 0 Å². The molecule has 0 radical (unpaired) electrons. The van der Waals surface area contributed by atoms with Gasteiger partial charge in [0, 0.05) is 30.0 Å². The molecule has 0 fully saturated rings. The summed E-state index contributed by atoms with van der Waals surface area (Å²) in [4.78, 5) is 19.4. The van der Waals surface area contributed by atoms with Gasteiger partial charge in [0.15, 0.2) is 0 Å². The molecule has 2 aromatic rings. The number of benzene rings is 1. The number of amides is 2. The highest BCUT2D eigenvalue weighted by Crippen LogP contribution is 2.17. The van der Waals surface area contributed by atoms with Crippen molar-refractivity contribution in [2.24, 2.45) is 0 Å². The summed E-state index contributed by atoms with van der Waals surface area (Å²) in [5.41, 5.74) is 1.49. The van der Waals surface area contributed by atoms with Gasteiger partial charge in [-0.25, -0.2) is 14.2 Å². The minimum atomic E-state index is -0.354. The number of hydrogen-bond donors (Lipinski definition) is 2. The second-order valence-corrected chi connectivity index (χ2v) is 7.11. The predicted molar refractivity (Wildman–Crippen MR) is 97.2 cm³/mol. The minimum absolute atomic E-state index is 0.129. The molecule has 2 N–H and O–H groups in total. The van der Waals surface area contributed by atoms with Crippen LogP contribution < -0.4 is 5.32 Å². The van der Waals surface area contributed by atoms with Gasteiger partial charge in [0.2, 0.25) is 0 Å². The normalized spacial score (nSPS) is 10.7. The number of halogens is 1. The predicted octanol–water partition coefficient (Wildman–Crippen LogP) is 3.04. The molecule has 0 saturated carbocycles. The molecule has 5 nitrogen and oxygen atoms in total. The summed E-state index contributed by atoms with van der Waals surface area (Å²) < 4.78 is 13.8. The first kappa shape index (κ1) is 19.3. The van der Waals surface area contributed by atoms with Crippen LogP contribution in [0.3, 0.4) is 0 Å². The summed E-state index contributed by atoms with van der Waals surface area (Å²) in [5, 5.41) is 13.1. The number of aromatic nitrogens is 1. The smallest absolute Gasteiger partial charge is 0.317 e. The van der Waals surface area contributed by atoms with Crippen LogP contribution in [0.4, 0.5) is 9.18 Å². The van der Waals surface area contributed by atoms with Crippen LogP contribution >= 0.6 is 11.3 Å². The molecule has 0 aliphatic carbocycles. The monoisotopic (exact) mass is 365 g/mol. The van der Waals surface area contributed by atoms with Crippen molar-refractivity contribution in [2.75, 3.05) is 19.7 Å². The van der Waals surface area contributed by atoms with E-state index in [1.54, 1.807) is 29.5 Å². The van der Waals surface area contributed by atoms with E-state index >= 15 is 0 Å². The van der Waals surface area contributed by atoms with Gasteiger partial charge < -0.3 is 15.3 Å². The van der Waals surface area contributed by atoms with Crippen LogP contribution in [0.25, 0.3) is 0 Å². The van der Waals surface area contributed by atoms with Crippen LogP contribution in [0.5, 0.6) is 0 Å². The molecule has 7 heteroatoms. The molecular formula is C18H24FN3O2S. The van der Waals surface area contributed by atoms with Crippen molar-refractivity contribution in [3.05, 3.63) is 51.2 Å². The van der Waals surface area contributed by atoms with Crippen molar-refractivity contribution in [1.82, 2.24) is 15.2 Å². The van der Waals surface area contributed by atoms with Crippen molar-refractivity contribution in [2.45, 2.75) is 33.2 Å². The molecule has 0 atom stereocenters. The lowest BCUT2D eigenvalue weighted by Crippen LogP contribution is -2.41. The summed E-state index contributed by atoms with van der Waals surface area (Å²) in [5.74, 6) is -0.354. The second kappa shape index (κ2) is 9.48. The largest absolute Gasteiger partial charge is 0.395 e. The Bertz CT molecular complexity index is 686. The quantitative estimate of drug-likeness (QED) is 0.707. The first-order valence-corrected chi connectivity index (χ1v) is 9.13. The van der Waals surface area contributed by atoms with E-state index in [0.717, 1.165) is 23.5 Å². The molecule has 0 unspecified atom stereocenters. The SMILES string of the molecule is Cc1nc(CCCNC(=O)N(CCO)Cc2ccccc2F)sc1C. The van der Waals surface area contributed by atoms with E-state index in [1.807, 2.05) is 13.8 Å². The molecule has 1 aromatic heterocycles. The molecule has 2 amide bonds. The van der Waals surface area contributed by atoms with Crippen molar-refractivity contribution in [3.63, 3.8) is 0 Å². The Morgan fingerprint density at radius 1 is 1.36 bits per heavy atom. The lowest BCUT2D eigenvalue weighted by molar-refractivity contribution is 0.173. The van der Waals surface area contributed by atoms with E-state index in [-0.39, 0.29) is 31.5 Å². The molecule has 0 aliphatic heterocycles. The maximum atomic E-state index is 13.8. The lowest BCUT2D eigenvalue weighted by Gasteiger charge is -2.22. The summed E-state index contributed by atoms with van der Waals surface area (Å²) >= 11 is 1.68. The third-order valence-electron chi connectivity index (χ3n) is 3.89. The van der Waals surface area contributed by atoms with Gasteiger partial charge in [-0.1, -0.05) is 18.2 Å². The average Bonchev–Trinajstić information content (AvgIpc) is 2.91. The van der Waals surface area contributed by atoms with Crippen LogP contribution in [-0.2, 0) is 13.0 Å².